The van der Waals surface area contributed by atoms with E-state index in [-0.39, 0.29) is 11.3 Å². The predicted octanol–water partition coefficient (Wildman–Crippen LogP) is 2.30. The molecule has 0 spiro atoms. The minimum absolute atomic E-state index is 0.00322. The Balaban J connectivity index is 1.58. The summed E-state index contributed by atoms with van der Waals surface area (Å²) in [6.45, 7) is 0.147. The molecule has 0 saturated carbocycles. The summed E-state index contributed by atoms with van der Waals surface area (Å²) in [5, 5.41) is 13.0. The lowest BCUT2D eigenvalue weighted by Crippen LogP contribution is -2.21. The lowest BCUT2D eigenvalue weighted by atomic mass is 10.2. The van der Waals surface area contributed by atoms with Crippen molar-refractivity contribution < 1.29 is 33.1 Å². The number of nitro benzene ring substituents is 1. The highest BCUT2D eigenvalue weighted by Gasteiger charge is 2.18. The Kier molecular flexibility index (Phi) is 5.15. The number of rotatable bonds is 5. The second-order valence-electron chi connectivity index (χ2n) is 5.41. The van der Waals surface area contributed by atoms with Gasteiger partial charge in [-0.1, -0.05) is 0 Å². The van der Waals surface area contributed by atoms with E-state index in [9.17, 15) is 24.1 Å². The van der Waals surface area contributed by atoms with Gasteiger partial charge in [0.2, 0.25) is 5.82 Å². The lowest BCUT2D eigenvalue weighted by molar-refractivity contribution is -0.387. The van der Waals surface area contributed by atoms with Gasteiger partial charge in [0.05, 0.1) is 10.5 Å². The monoisotopic (exact) mass is 376 g/mol. The fraction of sp³-hybridized carbons (Fsp3) is 0.176. The quantitative estimate of drug-likeness (QED) is 0.483. The molecule has 1 aliphatic heterocycles. The van der Waals surface area contributed by atoms with Crippen molar-refractivity contribution in [2.24, 2.45) is 0 Å². The van der Waals surface area contributed by atoms with E-state index in [1.807, 2.05) is 0 Å². The van der Waals surface area contributed by atoms with Crippen molar-refractivity contribution in [1.82, 2.24) is 0 Å². The SMILES string of the molecule is O=C(COC(=O)c1ccc2c(c1)OCCO2)Nc1ccc(F)c([N+](=O)[O-])c1. The summed E-state index contributed by atoms with van der Waals surface area (Å²) in [7, 11) is 0. The number of anilines is 1. The smallest absolute Gasteiger partial charge is 0.338 e. The standard InChI is InChI=1S/C17H13FN2O7/c18-12-3-2-11(8-13(12)20(23)24)19-16(21)9-27-17(22)10-1-4-14-15(7-10)26-6-5-25-14/h1-4,7-8H,5-6,9H2,(H,19,21). The number of fused-ring (bicyclic) bond motifs is 1. The molecular formula is C17H13FN2O7. The zero-order valence-corrected chi connectivity index (χ0v) is 13.8. The molecule has 0 aromatic heterocycles. The van der Waals surface area contributed by atoms with Gasteiger partial charge in [0.15, 0.2) is 18.1 Å². The van der Waals surface area contributed by atoms with Crippen LogP contribution >= 0.6 is 0 Å². The summed E-state index contributed by atoms with van der Waals surface area (Å²) in [6.07, 6.45) is 0. The van der Waals surface area contributed by atoms with Gasteiger partial charge >= 0.3 is 11.7 Å². The molecule has 1 heterocycles. The van der Waals surface area contributed by atoms with Crippen molar-refractivity contribution in [2.75, 3.05) is 25.1 Å². The van der Waals surface area contributed by atoms with Crippen molar-refractivity contribution >= 4 is 23.3 Å². The first kappa shape index (κ1) is 18.1. The molecule has 0 saturated heterocycles. The van der Waals surface area contributed by atoms with Gasteiger partial charge in [0.25, 0.3) is 5.91 Å². The highest BCUT2D eigenvalue weighted by molar-refractivity contribution is 5.96. The first-order chi connectivity index (χ1) is 12.9. The Labute approximate surface area is 151 Å². The number of halogens is 1. The number of carbonyl (C=O) groups is 2. The average molecular weight is 376 g/mol. The van der Waals surface area contributed by atoms with Crippen LogP contribution in [0.25, 0.3) is 0 Å². The second kappa shape index (κ2) is 7.68. The van der Waals surface area contributed by atoms with Crippen molar-refractivity contribution in [1.29, 1.82) is 0 Å². The summed E-state index contributed by atoms with van der Waals surface area (Å²) >= 11 is 0. The first-order valence-electron chi connectivity index (χ1n) is 7.74. The van der Waals surface area contributed by atoms with Gasteiger partial charge in [0.1, 0.15) is 13.2 Å². The molecule has 2 aromatic carbocycles. The molecule has 10 heteroatoms. The van der Waals surface area contributed by atoms with Gasteiger partial charge in [-0.15, -0.1) is 0 Å². The lowest BCUT2D eigenvalue weighted by Gasteiger charge is -2.18. The van der Waals surface area contributed by atoms with Crippen LogP contribution < -0.4 is 14.8 Å². The number of nitrogens with zero attached hydrogens (tertiary/aromatic N) is 1. The van der Waals surface area contributed by atoms with E-state index in [0.29, 0.717) is 24.7 Å². The minimum atomic E-state index is -1.02. The van der Waals surface area contributed by atoms with Crippen LogP contribution in [0.5, 0.6) is 11.5 Å². The zero-order valence-electron chi connectivity index (χ0n) is 13.8. The maximum atomic E-state index is 13.3. The van der Waals surface area contributed by atoms with E-state index >= 15 is 0 Å². The van der Waals surface area contributed by atoms with Gasteiger partial charge in [-0.3, -0.25) is 14.9 Å². The Morgan fingerprint density at radius 2 is 1.89 bits per heavy atom. The maximum absolute atomic E-state index is 13.3. The topological polar surface area (TPSA) is 117 Å². The molecule has 0 bridgehead atoms. The van der Waals surface area contributed by atoms with Crippen LogP contribution in [0.2, 0.25) is 0 Å². The number of benzene rings is 2. The highest BCUT2D eigenvalue weighted by atomic mass is 19.1. The van der Waals surface area contributed by atoms with Crippen LogP contribution in [-0.2, 0) is 9.53 Å². The molecule has 27 heavy (non-hydrogen) atoms. The average Bonchev–Trinajstić information content (AvgIpc) is 2.67. The summed E-state index contributed by atoms with van der Waals surface area (Å²) in [6, 6.07) is 7.35. The van der Waals surface area contributed by atoms with E-state index in [4.69, 9.17) is 14.2 Å². The molecule has 0 aliphatic carbocycles. The number of carbonyl (C=O) groups excluding carboxylic acids is 2. The zero-order chi connectivity index (χ0) is 19.4. The summed E-state index contributed by atoms with van der Waals surface area (Å²) < 4.78 is 28.9. The molecule has 0 fully saturated rings. The fourth-order valence-corrected chi connectivity index (χ4v) is 2.31. The Morgan fingerprint density at radius 3 is 2.63 bits per heavy atom. The van der Waals surface area contributed by atoms with E-state index in [1.54, 1.807) is 6.07 Å². The molecule has 0 unspecified atom stereocenters. The van der Waals surface area contributed by atoms with Gasteiger partial charge in [-0.25, -0.2) is 4.79 Å². The molecule has 3 rings (SSSR count). The molecule has 1 N–H and O–H groups in total. The Morgan fingerprint density at radius 1 is 1.15 bits per heavy atom. The number of hydrogen-bond acceptors (Lipinski definition) is 7. The second-order valence-corrected chi connectivity index (χ2v) is 5.41. The minimum Gasteiger partial charge on any atom is -0.486 e. The van der Waals surface area contributed by atoms with Crippen molar-refractivity contribution in [3.8, 4) is 11.5 Å². The third-order valence-corrected chi connectivity index (χ3v) is 3.54. The highest BCUT2D eigenvalue weighted by Crippen LogP contribution is 2.31. The predicted molar refractivity (Wildman–Crippen MR) is 89.4 cm³/mol. The third-order valence-electron chi connectivity index (χ3n) is 3.54. The van der Waals surface area contributed by atoms with E-state index in [1.165, 1.54) is 12.1 Å². The van der Waals surface area contributed by atoms with Crippen LogP contribution in [-0.4, -0.2) is 36.6 Å². The molecular weight excluding hydrogens is 363 g/mol. The van der Waals surface area contributed by atoms with Crippen LogP contribution in [0.1, 0.15) is 10.4 Å². The molecule has 9 nitrogen and oxygen atoms in total. The van der Waals surface area contributed by atoms with Gasteiger partial charge < -0.3 is 19.5 Å². The van der Waals surface area contributed by atoms with Gasteiger partial charge in [0, 0.05) is 11.8 Å². The van der Waals surface area contributed by atoms with E-state index < -0.39 is 34.9 Å². The van der Waals surface area contributed by atoms with Gasteiger partial charge in [-0.05, 0) is 30.3 Å². The summed E-state index contributed by atoms with van der Waals surface area (Å²) in [4.78, 5) is 33.7. The molecule has 1 amide bonds. The largest absolute Gasteiger partial charge is 0.486 e. The molecule has 0 atom stereocenters. The van der Waals surface area contributed by atoms with Crippen molar-refractivity contribution in [3.05, 3.63) is 57.9 Å². The number of esters is 1. The van der Waals surface area contributed by atoms with E-state index in [2.05, 4.69) is 5.32 Å². The molecule has 1 aliphatic rings. The normalized spacial score (nSPS) is 12.2. The number of nitrogens with one attached hydrogen (secondary N) is 1. The Bertz CT molecular complexity index is 916. The third kappa shape index (κ3) is 4.29. The molecule has 0 radical (unpaired) electrons. The maximum Gasteiger partial charge on any atom is 0.338 e. The number of nitro groups is 1. The first-order valence-corrected chi connectivity index (χ1v) is 7.74. The number of ether oxygens (including phenoxy) is 3. The number of amides is 1. The van der Waals surface area contributed by atoms with Crippen LogP contribution in [0.15, 0.2) is 36.4 Å². The van der Waals surface area contributed by atoms with Crippen molar-refractivity contribution in [3.63, 3.8) is 0 Å². The van der Waals surface area contributed by atoms with Crippen LogP contribution in [0, 0.1) is 15.9 Å². The van der Waals surface area contributed by atoms with Gasteiger partial charge in [-0.2, -0.15) is 4.39 Å². The fourth-order valence-electron chi connectivity index (χ4n) is 2.31. The Hall–Kier alpha value is -3.69. The number of hydrogen-bond donors (Lipinski definition) is 1. The molecule has 2 aromatic rings. The van der Waals surface area contributed by atoms with Crippen LogP contribution in [0.3, 0.4) is 0 Å². The van der Waals surface area contributed by atoms with Crippen molar-refractivity contribution in [2.45, 2.75) is 0 Å². The molecule has 140 valence electrons. The summed E-state index contributed by atoms with van der Waals surface area (Å²) in [5.74, 6) is -1.61. The van der Waals surface area contributed by atoms with E-state index in [0.717, 1.165) is 18.2 Å². The van der Waals surface area contributed by atoms with Crippen LogP contribution in [0.4, 0.5) is 15.8 Å². The summed E-state index contributed by atoms with van der Waals surface area (Å²) in [5.41, 5.74) is -0.603.